The first-order valence-corrected chi connectivity index (χ1v) is 13.7. The van der Waals surface area contributed by atoms with Crippen molar-refractivity contribution < 1.29 is 18.0 Å². The van der Waals surface area contributed by atoms with Crippen molar-refractivity contribution in [2.75, 3.05) is 21.2 Å². The van der Waals surface area contributed by atoms with Crippen molar-refractivity contribution in [3.63, 3.8) is 0 Å². The maximum absolute atomic E-state index is 13.2. The predicted octanol–water partition coefficient (Wildman–Crippen LogP) is 5.31. The number of hydrogen-bond acceptors (Lipinski definition) is 5. The number of hydrogen-bond donors (Lipinski definition) is 2. The van der Waals surface area contributed by atoms with Crippen molar-refractivity contribution in [2.24, 2.45) is 0 Å². The lowest BCUT2D eigenvalue weighted by Crippen LogP contribution is -2.25. The van der Waals surface area contributed by atoms with E-state index < -0.39 is 15.9 Å². The summed E-state index contributed by atoms with van der Waals surface area (Å²) in [5.74, 6) is 1.26. The zero-order chi connectivity index (χ0) is 28.3. The second-order valence-corrected chi connectivity index (χ2v) is 10.7. The number of nitrogens with one attached hydrogen (secondary N) is 2. The van der Waals surface area contributed by atoms with Gasteiger partial charge in [0.1, 0.15) is 0 Å². The van der Waals surface area contributed by atoms with Crippen LogP contribution in [0.3, 0.4) is 0 Å². The highest BCUT2D eigenvalue weighted by Crippen LogP contribution is 2.38. The summed E-state index contributed by atoms with van der Waals surface area (Å²) < 4.78 is 25.6. The van der Waals surface area contributed by atoms with E-state index in [4.69, 9.17) is 6.42 Å². The quantitative estimate of drug-likeness (QED) is 0.245. The molecule has 0 saturated carbocycles. The number of fused-ring (bicyclic) bond motifs is 1. The minimum absolute atomic E-state index is 0.377. The highest BCUT2D eigenvalue weighted by atomic mass is 32.2. The zero-order valence-corrected chi connectivity index (χ0v) is 22.5. The predicted molar refractivity (Wildman–Crippen MR) is 156 cm³/mol. The fourth-order valence-electron chi connectivity index (χ4n) is 4.18. The number of carbonyl (C=O) groups excluding carboxylic acids is 2. The number of nitrogens with zero attached hydrogens (tertiary/aromatic N) is 2. The van der Waals surface area contributed by atoms with Crippen LogP contribution >= 0.6 is 0 Å². The van der Waals surface area contributed by atoms with E-state index in [1.165, 1.54) is 11.0 Å². The normalized spacial score (nSPS) is 10.9. The van der Waals surface area contributed by atoms with Gasteiger partial charge in [-0.15, -0.1) is 6.42 Å². The number of aryl methyl sites for hydroxylation is 2. The van der Waals surface area contributed by atoms with Crippen LogP contribution < -0.4 is 14.9 Å². The molecule has 1 aromatic heterocycles. The summed E-state index contributed by atoms with van der Waals surface area (Å²) in [7, 11) is -3.39. The molecule has 39 heavy (non-hydrogen) atoms. The Kier molecular flexibility index (Phi) is 7.51. The van der Waals surface area contributed by atoms with Crippen molar-refractivity contribution in [2.45, 2.75) is 13.8 Å². The number of sulfonamides is 1. The second kappa shape index (κ2) is 10.8. The molecule has 0 atom stereocenters. The molecular weight excluding hydrogens is 512 g/mol. The maximum Gasteiger partial charge on any atom is 0.307 e. The van der Waals surface area contributed by atoms with E-state index in [2.05, 4.69) is 27.5 Å². The van der Waals surface area contributed by atoms with Gasteiger partial charge in [-0.2, -0.15) is 0 Å². The molecule has 4 aromatic rings. The Hall–Kier alpha value is -4.94. The Morgan fingerprint density at radius 2 is 1.69 bits per heavy atom. The van der Waals surface area contributed by atoms with Crippen molar-refractivity contribution >= 4 is 55.5 Å². The number of pyridine rings is 1. The summed E-state index contributed by atoms with van der Waals surface area (Å²) in [6.45, 7) is 7.17. The fourth-order valence-corrected chi connectivity index (χ4v) is 4.74. The Morgan fingerprint density at radius 1 is 1.00 bits per heavy atom. The first-order chi connectivity index (χ1) is 18.5. The minimum Gasteiger partial charge on any atom is -0.322 e. The lowest BCUT2D eigenvalue weighted by molar-refractivity contribution is -0.113. The van der Waals surface area contributed by atoms with Crippen LogP contribution in [0.2, 0.25) is 0 Å². The van der Waals surface area contributed by atoms with E-state index in [9.17, 15) is 18.0 Å². The Balaban J connectivity index is 1.87. The third-order valence-corrected chi connectivity index (χ3v) is 6.62. The van der Waals surface area contributed by atoms with Gasteiger partial charge in [0.05, 0.1) is 23.1 Å². The van der Waals surface area contributed by atoms with Crippen LogP contribution in [-0.4, -0.2) is 31.5 Å². The first-order valence-electron chi connectivity index (χ1n) is 11.8. The molecule has 0 aliphatic rings. The van der Waals surface area contributed by atoms with E-state index in [1.807, 2.05) is 32.0 Å². The van der Waals surface area contributed by atoms with E-state index >= 15 is 0 Å². The summed E-state index contributed by atoms with van der Waals surface area (Å²) in [4.78, 5) is 31.2. The summed E-state index contributed by atoms with van der Waals surface area (Å²) >= 11 is 0. The van der Waals surface area contributed by atoms with Gasteiger partial charge >= 0.3 is 5.91 Å². The van der Waals surface area contributed by atoms with Gasteiger partial charge in [0, 0.05) is 23.0 Å². The number of amides is 2. The molecule has 0 unspecified atom stereocenters. The molecule has 2 N–H and O–H groups in total. The van der Waals surface area contributed by atoms with Gasteiger partial charge in [-0.3, -0.25) is 24.2 Å². The average molecular weight is 539 g/mol. The molecule has 8 nitrogen and oxygen atoms in total. The smallest absolute Gasteiger partial charge is 0.307 e. The molecule has 2 amide bonds. The van der Waals surface area contributed by atoms with Crippen LogP contribution in [0.4, 0.5) is 22.7 Å². The number of benzene rings is 3. The lowest BCUT2D eigenvalue weighted by Gasteiger charge is -2.25. The summed E-state index contributed by atoms with van der Waals surface area (Å²) in [5, 5.41) is 3.45. The van der Waals surface area contributed by atoms with Crippen LogP contribution in [-0.2, 0) is 19.6 Å². The number of terminal acetylenes is 1. The monoisotopic (exact) mass is 538 g/mol. The van der Waals surface area contributed by atoms with Gasteiger partial charge in [0.25, 0.3) is 0 Å². The molecule has 196 valence electrons. The van der Waals surface area contributed by atoms with Crippen LogP contribution in [0.15, 0.2) is 79.5 Å². The highest BCUT2D eigenvalue weighted by Gasteiger charge is 2.23. The van der Waals surface area contributed by atoms with Gasteiger partial charge < -0.3 is 5.32 Å². The molecule has 0 aliphatic carbocycles. The van der Waals surface area contributed by atoms with Crippen LogP contribution in [0.1, 0.15) is 11.1 Å². The van der Waals surface area contributed by atoms with Crippen molar-refractivity contribution in [1.29, 1.82) is 0 Å². The van der Waals surface area contributed by atoms with E-state index in [0.717, 1.165) is 22.9 Å². The fraction of sp³-hybridized carbons (Fsp3) is 0.100. The lowest BCUT2D eigenvalue weighted by atomic mass is 10.00. The van der Waals surface area contributed by atoms with Crippen LogP contribution in [0, 0.1) is 26.2 Å². The van der Waals surface area contributed by atoms with Gasteiger partial charge in [-0.25, -0.2) is 8.42 Å². The van der Waals surface area contributed by atoms with Crippen molar-refractivity contribution in [1.82, 2.24) is 4.98 Å². The van der Waals surface area contributed by atoms with E-state index in [1.54, 1.807) is 48.7 Å². The first kappa shape index (κ1) is 27.1. The second-order valence-electron chi connectivity index (χ2n) is 8.95. The minimum atomic E-state index is -3.39. The number of anilines is 4. The third kappa shape index (κ3) is 5.98. The van der Waals surface area contributed by atoms with E-state index in [0.29, 0.717) is 39.2 Å². The molecule has 0 radical (unpaired) electrons. The average Bonchev–Trinajstić information content (AvgIpc) is 2.90. The molecule has 3 aromatic carbocycles. The molecule has 0 bridgehead atoms. The molecule has 0 aliphatic heterocycles. The summed E-state index contributed by atoms with van der Waals surface area (Å²) in [6.07, 6.45) is 9.54. The van der Waals surface area contributed by atoms with Crippen LogP contribution in [0.5, 0.6) is 0 Å². The number of aromatic nitrogens is 1. The molecule has 9 heteroatoms. The molecular formula is C30H26N4O4S. The standard InChI is InChI=1S/C30H26N4O4S/c1-6-28(35)32-27-17-24(14-8-19(27)3)34(29(36)7-2)30-20(4)18-31-26-15-11-22(16-25(26)30)21-9-12-23(13-10-21)33-39(5,37)38/h2,6,8-18,33H,1H2,3-5H3,(H,32,35). The van der Waals surface area contributed by atoms with Crippen molar-refractivity contribution in [3.05, 3.63) is 90.6 Å². The van der Waals surface area contributed by atoms with Crippen LogP contribution in [0.25, 0.3) is 22.0 Å². The molecule has 0 saturated heterocycles. The van der Waals surface area contributed by atoms with Gasteiger partial charge in [-0.1, -0.05) is 30.8 Å². The number of carbonyl (C=O) groups is 2. The molecule has 0 spiro atoms. The number of rotatable bonds is 7. The van der Waals surface area contributed by atoms with Crippen molar-refractivity contribution in [3.8, 4) is 23.5 Å². The molecule has 0 fully saturated rings. The Morgan fingerprint density at radius 3 is 2.33 bits per heavy atom. The summed E-state index contributed by atoms with van der Waals surface area (Å²) in [6, 6.07) is 17.9. The SMILES string of the molecule is C#CC(=O)N(c1ccc(C)c(NC(=O)C=C)c1)c1c(C)cnc2ccc(-c3ccc(NS(C)(=O)=O)cc3)cc12. The van der Waals surface area contributed by atoms with Gasteiger partial charge in [0.2, 0.25) is 15.9 Å². The third-order valence-electron chi connectivity index (χ3n) is 6.02. The topological polar surface area (TPSA) is 108 Å². The zero-order valence-electron chi connectivity index (χ0n) is 21.6. The van der Waals surface area contributed by atoms with Gasteiger partial charge in [-0.05, 0) is 84.5 Å². The Labute approximate surface area is 227 Å². The maximum atomic E-state index is 13.2. The molecule has 1 heterocycles. The van der Waals surface area contributed by atoms with Gasteiger partial charge in [0.15, 0.2) is 0 Å². The molecule has 4 rings (SSSR count). The van der Waals surface area contributed by atoms with E-state index in [-0.39, 0.29) is 5.91 Å². The Bertz CT molecular complexity index is 1770. The largest absolute Gasteiger partial charge is 0.322 e. The highest BCUT2D eigenvalue weighted by molar-refractivity contribution is 7.92. The summed E-state index contributed by atoms with van der Waals surface area (Å²) in [5.41, 5.74) is 5.84.